The molecule has 0 bridgehead atoms. The highest BCUT2D eigenvalue weighted by Gasteiger charge is 2.29. The Morgan fingerprint density at radius 3 is 2.86 bits per heavy atom. The van der Waals surface area contributed by atoms with Crippen LogP contribution in [-0.4, -0.2) is 40.1 Å². The summed E-state index contributed by atoms with van der Waals surface area (Å²) in [4.78, 5) is 23.6. The van der Waals surface area contributed by atoms with Crippen molar-refractivity contribution in [2.45, 2.75) is 32.1 Å². The molecule has 0 aliphatic carbocycles. The van der Waals surface area contributed by atoms with Crippen molar-refractivity contribution in [1.29, 1.82) is 5.41 Å². The van der Waals surface area contributed by atoms with Crippen molar-refractivity contribution in [3.05, 3.63) is 71.7 Å². The third-order valence-electron chi connectivity index (χ3n) is 5.79. The van der Waals surface area contributed by atoms with E-state index in [4.69, 9.17) is 5.41 Å². The summed E-state index contributed by atoms with van der Waals surface area (Å²) in [5.41, 5.74) is 4.03. The molecule has 1 amide bonds. The monoisotopic (exact) mass is 386 g/mol. The van der Waals surface area contributed by atoms with Crippen LogP contribution in [0.4, 0.5) is 0 Å². The van der Waals surface area contributed by atoms with Gasteiger partial charge in [-0.15, -0.1) is 0 Å². The van der Waals surface area contributed by atoms with Gasteiger partial charge in [-0.3, -0.25) is 14.8 Å². The second-order valence-corrected chi connectivity index (χ2v) is 7.99. The third-order valence-corrected chi connectivity index (χ3v) is 5.79. The maximum absolute atomic E-state index is 12.9. The average Bonchev–Trinajstić information content (AvgIpc) is 2.77. The van der Waals surface area contributed by atoms with Gasteiger partial charge in [0, 0.05) is 61.2 Å². The Kier molecular flexibility index (Phi) is 5.65. The first kappa shape index (κ1) is 19.2. The highest BCUT2D eigenvalue weighted by Crippen LogP contribution is 2.35. The minimum atomic E-state index is 0.212. The van der Waals surface area contributed by atoms with Crippen LogP contribution in [-0.2, 0) is 11.2 Å². The van der Waals surface area contributed by atoms with Crippen LogP contribution in [0.3, 0.4) is 0 Å². The average molecular weight is 386 g/mol. The van der Waals surface area contributed by atoms with E-state index in [1.54, 1.807) is 12.4 Å². The first-order valence-corrected chi connectivity index (χ1v) is 10.2. The van der Waals surface area contributed by atoms with E-state index in [0.717, 1.165) is 48.0 Å². The van der Waals surface area contributed by atoms with Crippen LogP contribution in [0.2, 0.25) is 0 Å². The van der Waals surface area contributed by atoms with Gasteiger partial charge in [0.2, 0.25) is 5.91 Å². The first-order valence-electron chi connectivity index (χ1n) is 10.2. The van der Waals surface area contributed by atoms with E-state index in [2.05, 4.69) is 29.0 Å². The number of hydrogen-bond donors (Lipinski definition) is 1. The van der Waals surface area contributed by atoms with Gasteiger partial charge in [-0.1, -0.05) is 31.2 Å². The molecule has 29 heavy (non-hydrogen) atoms. The van der Waals surface area contributed by atoms with Crippen LogP contribution >= 0.6 is 0 Å². The van der Waals surface area contributed by atoms with E-state index in [1.807, 2.05) is 35.4 Å². The molecule has 5 heteroatoms. The predicted molar refractivity (Wildman–Crippen MR) is 115 cm³/mol. The molecule has 3 aromatic rings. The van der Waals surface area contributed by atoms with Crippen LogP contribution in [0.25, 0.3) is 10.9 Å². The van der Waals surface area contributed by atoms with Crippen molar-refractivity contribution in [3.8, 4) is 0 Å². The number of benzene rings is 1. The Labute approximate surface area is 171 Å². The smallest absolute Gasteiger partial charge is 0.222 e. The van der Waals surface area contributed by atoms with E-state index in [-0.39, 0.29) is 11.8 Å². The molecule has 2 aromatic heterocycles. The third kappa shape index (κ3) is 4.19. The molecule has 1 N–H and O–H groups in total. The number of aryl methyl sites for hydroxylation is 1. The second kappa shape index (κ2) is 8.52. The number of hydrogen-bond acceptors (Lipinski definition) is 4. The maximum Gasteiger partial charge on any atom is 0.222 e. The van der Waals surface area contributed by atoms with Crippen LogP contribution in [0.1, 0.15) is 42.4 Å². The summed E-state index contributed by atoms with van der Waals surface area (Å²) in [5.74, 6) is 0.946. The van der Waals surface area contributed by atoms with Gasteiger partial charge in [-0.25, -0.2) is 0 Å². The zero-order valence-electron chi connectivity index (χ0n) is 16.7. The van der Waals surface area contributed by atoms with E-state index in [9.17, 15) is 4.79 Å². The Morgan fingerprint density at radius 2 is 2.07 bits per heavy atom. The fourth-order valence-corrected chi connectivity index (χ4v) is 4.42. The Morgan fingerprint density at radius 1 is 1.21 bits per heavy atom. The standard InChI is InChI=1S/C24H26N4O/c1-17-12-20(21-8-7-19(13-25)24-22(21)5-3-11-27-24)16-28(15-17)23(29)9-6-18-4-2-10-26-14-18/h2-5,7-8,10-11,13-14,17,20,25H,6,9,12,15-16H2,1H3. The zero-order chi connectivity index (χ0) is 20.2. The molecular formula is C24H26N4O. The van der Waals surface area contributed by atoms with Crippen LogP contribution < -0.4 is 0 Å². The summed E-state index contributed by atoms with van der Waals surface area (Å²) < 4.78 is 0. The van der Waals surface area contributed by atoms with Crippen LogP contribution in [0.15, 0.2) is 55.0 Å². The number of pyridine rings is 2. The number of likely N-dealkylation sites (tertiary alicyclic amines) is 1. The number of carbonyl (C=O) groups excluding carboxylic acids is 1. The lowest BCUT2D eigenvalue weighted by molar-refractivity contribution is -0.133. The number of carbonyl (C=O) groups is 1. The summed E-state index contributed by atoms with van der Waals surface area (Å²) >= 11 is 0. The van der Waals surface area contributed by atoms with Gasteiger partial charge in [0.05, 0.1) is 5.52 Å². The molecule has 3 heterocycles. The fourth-order valence-electron chi connectivity index (χ4n) is 4.42. The Hall–Kier alpha value is -3.08. The van der Waals surface area contributed by atoms with Crippen molar-refractivity contribution in [2.75, 3.05) is 13.1 Å². The summed E-state index contributed by atoms with van der Waals surface area (Å²) in [6.07, 6.45) is 9.02. The predicted octanol–water partition coefficient (Wildman–Crippen LogP) is 4.21. The molecule has 2 atom stereocenters. The van der Waals surface area contributed by atoms with Gasteiger partial charge >= 0.3 is 0 Å². The van der Waals surface area contributed by atoms with Gasteiger partial charge in [-0.2, -0.15) is 0 Å². The SMILES string of the molecule is CC1CC(c2ccc(C=N)c3ncccc23)CN(C(=O)CCc2cccnc2)C1. The number of aromatic nitrogens is 2. The topological polar surface area (TPSA) is 69.9 Å². The number of nitrogens with zero attached hydrogens (tertiary/aromatic N) is 3. The first-order chi connectivity index (χ1) is 14.2. The highest BCUT2D eigenvalue weighted by molar-refractivity contribution is 5.98. The van der Waals surface area contributed by atoms with Gasteiger partial charge < -0.3 is 10.3 Å². The second-order valence-electron chi connectivity index (χ2n) is 7.99. The molecule has 4 rings (SSSR count). The molecule has 1 saturated heterocycles. The van der Waals surface area contributed by atoms with Gasteiger partial charge in [0.15, 0.2) is 0 Å². The molecule has 148 valence electrons. The zero-order valence-corrected chi connectivity index (χ0v) is 16.7. The number of rotatable bonds is 5. The summed E-state index contributed by atoms with van der Waals surface area (Å²) in [5, 5.41) is 8.75. The van der Waals surface area contributed by atoms with Crippen molar-refractivity contribution < 1.29 is 4.79 Å². The number of nitrogens with one attached hydrogen (secondary N) is 1. The van der Waals surface area contributed by atoms with E-state index < -0.39 is 0 Å². The van der Waals surface area contributed by atoms with Crippen LogP contribution in [0.5, 0.6) is 0 Å². The summed E-state index contributed by atoms with van der Waals surface area (Å²) in [6, 6.07) is 12.1. The molecule has 0 radical (unpaired) electrons. The lowest BCUT2D eigenvalue weighted by atomic mass is 9.83. The summed E-state index contributed by atoms with van der Waals surface area (Å²) in [7, 11) is 0. The summed E-state index contributed by atoms with van der Waals surface area (Å²) in [6.45, 7) is 3.78. The fraction of sp³-hybridized carbons (Fsp3) is 0.333. The number of piperidine rings is 1. The van der Waals surface area contributed by atoms with E-state index in [0.29, 0.717) is 12.3 Å². The lowest BCUT2D eigenvalue weighted by Crippen LogP contribution is -2.42. The molecule has 2 unspecified atom stereocenters. The molecule has 5 nitrogen and oxygen atoms in total. The molecular weight excluding hydrogens is 360 g/mol. The lowest BCUT2D eigenvalue weighted by Gasteiger charge is -2.37. The number of fused-ring (bicyclic) bond motifs is 1. The van der Waals surface area contributed by atoms with E-state index in [1.165, 1.54) is 11.8 Å². The van der Waals surface area contributed by atoms with Crippen molar-refractivity contribution >= 4 is 23.0 Å². The number of amides is 1. The van der Waals surface area contributed by atoms with Crippen LogP contribution in [0, 0.1) is 11.3 Å². The normalized spacial score (nSPS) is 19.3. The minimum absolute atomic E-state index is 0.212. The Bertz CT molecular complexity index is 1020. The van der Waals surface area contributed by atoms with Crippen molar-refractivity contribution in [2.24, 2.45) is 5.92 Å². The highest BCUT2D eigenvalue weighted by atomic mass is 16.2. The van der Waals surface area contributed by atoms with E-state index >= 15 is 0 Å². The van der Waals surface area contributed by atoms with Gasteiger partial charge in [0.25, 0.3) is 0 Å². The Balaban J connectivity index is 1.54. The maximum atomic E-state index is 12.9. The molecule has 1 fully saturated rings. The molecule has 0 saturated carbocycles. The van der Waals surface area contributed by atoms with Crippen molar-refractivity contribution in [3.63, 3.8) is 0 Å². The van der Waals surface area contributed by atoms with Crippen molar-refractivity contribution in [1.82, 2.24) is 14.9 Å². The molecule has 1 aliphatic heterocycles. The largest absolute Gasteiger partial charge is 0.342 e. The van der Waals surface area contributed by atoms with Gasteiger partial charge in [-0.05, 0) is 42.0 Å². The van der Waals surface area contributed by atoms with Gasteiger partial charge in [0.1, 0.15) is 0 Å². The quantitative estimate of drug-likeness (QED) is 0.668. The molecule has 1 aromatic carbocycles. The molecule has 1 aliphatic rings. The minimum Gasteiger partial charge on any atom is -0.342 e. The molecule has 0 spiro atoms.